The van der Waals surface area contributed by atoms with Crippen molar-refractivity contribution in [1.82, 2.24) is 25.1 Å². The number of hydrogen-bond donors (Lipinski definition) is 2. The molecule has 1 saturated carbocycles. The van der Waals surface area contributed by atoms with E-state index in [0.717, 1.165) is 48.1 Å². The number of pyridine rings is 1. The molecule has 3 heterocycles. The van der Waals surface area contributed by atoms with Crippen LogP contribution in [0.1, 0.15) is 37.4 Å². The molecule has 0 bridgehead atoms. The molecule has 2 aliphatic heterocycles. The van der Waals surface area contributed by atoms with Crippen LogP contribution in [0, 0.1) is 0 Å². The molecule has 0 unspecified atom stereocenters. The van der Waals surface area contributed by atoms with Crippen LogP contribution in [-0.4, -0.2) is 31.7 Å². The number of hydrogen-bond acceptors (Lipinski definition) is 3. The van der Waals surface area contributed by atoms with Crippen LogP contribution in [-0.2, 0) is 11.2 Å². The summed E-state index contributed by atoms with van der Waals surface area (Å²) in [7, 11) is 0. The van der Waals surface area contributed by atoms with Gasteiger partial charge in [0.1, 0.15) is 5.82 Å². The summed E-state index contributed by atoms with van der Waals surface area (Å²) in [5, 5.41) is 11.5. The van der Waals surface area contributed by atoms with Crippen molar-refractivity contribution >= 4 is 16.8 Å². The molecule has 1 aromatic carbocycles. The Labute approximate surface area is 163 Å². The first-order chi connectivity index (χ1) is 13.8. The van der Waals surface area contributed by atoms with Gasteiger partial charge in [0.05, 0.1) is 17.6 Å². The summed E-state index contributed by atoms with van der Waals surface area (Å²) < 4.78 is 2.30. The van der Waals surface area contributed by atoms with Gasteiger partial charge in [-0.25, -0.2) is 4.98 Å². The van der Waals surface area contributed by atoms with Crippen LogP contribution in [0.4, 0.5) is 0 Å². The van der Waals surface area contributed by atoms with Gasteiger partial charge in [0.25, 0.3) is 0 Å². The van der Waals surface area contributed by atoms with E-state index in [-0.39, 0.29) is 11.9 Å². The molecule has 1 fully saturated rings. The number of nitrogens with zero attached hydrogens (tertiary/aromatic N) is 3. The van der Waals surface area contributed by atoms with E-state index < -0.39 is 0 Å². The lowest BCUT2D eigenvalue weighted by Crippen LogP contribution is -2.39. The second-order valence-corrected chi connectivity index (χ2v) is 7.61. The van der Waals surface area contributed by atoms with E-state index in [4.69, 9.17) is 0 Å². The summed E-state index contributed by atoms with van der Waals surface area (Å²) in [4.78, 5) is 17.1. The summed E-state index contributed by atoms with van der Waals surface area (Å²) in [6, 6.07) is 14.8. The zero-order valence-corrected chi connectivity index (χ0v) is 15.6. The normalized spacial score (nSPS) is 19.9. The zero-order valence-electron chi connectivity index (χ0n) is 15.6. The van der Waals surface area contributed by atoms with Crippen molar-refractivity contribution in [2.24, 2.45) is 0 Å². The van der Waals surface area contributed by atoms with Crippen LogP contribution in [0.5, 0.6) is 0 Å². The Balaban J connectivity index is 1.19. The Morgan fingerprint density at radius 2 is 1.96 bits per heavy atom. The van der Waals surface area contributed by atoms with Crippen molar-refractivity contribution in [3.05, 3.63) is 60.6 Å². The van der Waals surface area contributed by atoms with Gasteiger partial charge in [-0.3, -0.25) is 9.89 Å². The minimum absolute atomic E-state index is 0.0605. The highest BCUT2D eigenvalue weighted by atomic mass is 16.1. The van der Waals surface area contributed by atoms with Crippen LogP contribution in [0.2, 0.25) is 0 Å². The van der Waals surface area contributed by atoms with Crippen molar-refractivity contribution in [2.45, 2.75) is 44.2 Å². The van der Waals surface area contributed by atoms with Gasteiger partial charge >= 0.3 is 0 Å². The van der Waals surface area contributed by atoms with Gasteiger partial charge < -0.3 is 9.88 Å². The highest BCUT2D eigenvalue weighted by molar-refractivity contribution is 5.87. The van der Waals surface area contributed by atoms with Gasteiger partial charge in [0, 0.05) is 35.4 Å². The van der Waals surface area contributed by atoms with E-state index in [2.05, 4.69) is 49.5 Å². The van der Waals surface area contributed by atoms with Crippen molar-refractivity contribution in [2.75, 3.05) is 0 Å². The smallest absolute Gasteiger partial charge is 0.226 e. The second-order valence-electron chi connectivity index (χ2n) is 7.61. The minimum Gasteiger partial charge on any atom is -0.353 e. The van der Waals surface area contributed by atoms with Gasteiger partial charge in [0.2, 0.25) is 5.91 Å². The molecule has 0 radical (unpaired) electrons. The van der Waals surface area contributed by atoms with E-state index in [1.165, 1.54) is 5.56 Å². The Kier molecular flexibility index (Phi) is 4.31. The standard InChI is InChI=1S/C22H23N5O/c28-21(14-20-18-5-1-2-6-19(18)25-26-20)24-16-7-9-17(10-8-16)27-13-3-4-15-11-12-23-22(15)27/h1-6,11-13,16-17H,7-10,14H2,(H,24,28)(H,25,26). The Morgan fingerprint density at radius 1 is 1.11 bits per heavy atom. The first-order valence-electron chi connectivity index (χ1n) is 9.91. The van der Waals surface area contributed by atoms with Gasteiger partial charge in [-0.2, -0.15) is 5.10 Å². The first-order valence-corrected chi connectivity index (χ1v) is 9.91. The Bertz CT molecular complexity index is 1070. The number of carbonyl (C=O) groups is 1. The molecular weight excluding hydrogens is 350 g/mol. The molecule has 0 atom stereocenters. The molecule has 1 amide bonds. The number of benzene rings is 1. The fraction of sp³-hybridized carbons (Fsp3) is 0.318. The summed E-state index contributed by atoms with van der Waals surface area (Å²) >= 11 is 0. The summed E-state index contributed by atoms with van der Waals surface area (Å²) in [5.74, 6) is 1.12. The summed E-state index contributed by atoms with van der Waals surface area (Å²) in [6.45, 7) is 0. The van der Waals surface area contributed by atoms with Gasteiger partial charge in [-0.05, 0) is 49.9 Å². The number of H-pyrrole nitrogens is 1. The molecule has 5 rings (SSSR count). The second kappa shape index (κ2) is 7.11. The van der Waals surface area contributed by atoms with Gasteiger partial charge in [-0.1, -0.05) is 18.2 Å². The molecule has 0 spiro atoms. The number of aromatic nitrogens is 4. The minimum atomic E-state index is 0.0605. The average molecular weight is 373 g/mol. The van der Waals surface area contributed by atoms with Crippen molar-refractivity contribution in [1.29, 1.82) is 0 Å². The fourth-order valence-electron chi connectivity index (χ4n) is 4.37. The SMILES string of the molecule is O=C(Cc1[nH]nc2ccccc12)NC1CCC(n2cccc3ccnc2-3)CC1. The number of fused-ring (bicyclic) bond motifs is 2. The lowest BCUT2D eigenvalue weighted by atomic mass is 9.90. The number of rotatable bonds is 4. The molecule has 1 aliphatic carbocycles. The average Bonchev–Trinajstić information content (AvgIpc) is 3.36. The Morgan fingerprint density at radius 3 is 2.86 bits per heavy atom. The van der Waals surface area contributed by atoms with E-state index in [1.54, 1.807) is 0 Å². The van der Waals surface area contributed by atoms with Crippen molar-refractivity contribution in [3.63, 3.8) is 0 Å². The maximum atomic E-state index is 12.5. The molecule has 1 aromatic heterocycles. The van der Waals surface area contributed by atoms with E-state index in [1.807, 2.05) is 30.5 Å². The topological polar surface area (TPSA) is 75.6 Å². The molecule has 3 aliphatic rings. The zero-order chi connectivity index (χ0) is 18.9. The van der Waals surface area contributed by atoms with E-state index >= 15 is 0 Å². The van der Waals surface area contributed by atoms with Crippen LogP contribution >= 0.6 is 0 Å². The van der Waals surface area contributed by atoms with Gasteiger partial charge in [0.15, 0.2) is 0 Å². The van der Waals surface area contributed by atoms with E-state index in [9.17, 15) is 4.79 Å². The number of aromatic amines is 1. The van der Waals surface area contributed by atoms with Crippen LogP contribution in [0.3, 0.4) is 0 Å². The lowest BCUT2D eigenvalue weighted by molar-refractivity contribution is -0.121. The van der Waals surface area contributed by atoms with Crippen LogP contribution < -0.4 is 5.32 Å². The van der Waals surface area contributed by atoms with E-state index in [0.29, 0.717) is 12.5 Å². The largest absolute Gasteiger partial charge is 0.353 e. The summed E-state index contributed by atoms with van der Waals surface area (Å²) in [5.41, 5.74) is 2.97. The van der Waals surface area contributed by atoms with Crippen molar-refractivity contribution < 1.29 is 4.79 Å². The molecule has 6 nitrogen and oxygen atoms in total. The number of para-hydroxylation sites is 1. The van der Waals surface area contributed by atoms with Crippen molar-refractivity contribution in [3.8, 4) is 11.4 Å². The van der Waals surface area contributed by atoms with Gasteiger partial charge in [-0.15, -0.1) is 0 Å². The third-order valence-electron chi connectivity index (χ3n) is 5.81. The molecule has 2 N–H and O–H groups in total. The maximum absolute atomic E-state index is 12.5. The third-order valence-corrected chi connectivity index (χ3v) is 5.81. The quantitative estimate of drug-likeness (QED) is 0.573. The first kappa shape index (κ1) is 17.0. The number of amides is 1. The molecule has 28 heavy (non-hydrogen) atoms. The monoisotopic (exact) mass is 373 g/mol. The highest BCUT2D eigenvalue weighted by Crippen LogP contribution is 2.32. The maximum Gasteiger partial charge on any atom is 0.226 e. The third kappa shape index (κ3) is 3.15. The fourth-order valence-corrected chi connectivity index (χ4v) is 4.37. The predicted octanol–water partition coefficient (Wildman–Crippen LogP) is 3.71. The summed E-state index contributed by atoms with van der Waals surface area (Å²) in [6.07, 6.45) is 8.41. The molecule has 142 valence electrons. The highest BCUT2D eigenvalue weighted by Gasteiger charge is 2.25. The molecule has 2 aromatic rings. The van der Waals surface area contributed by atoms with Crippen LogP contribution in [0.15, 0.2) is 54.9 Å². The van der Waals surface area contributed by atoms with Crippen LogP contribution in [0.25, 0.3) is 22.3 Å². The molecule has 0 saturated heterocycles. The molecular formula is C22H23N5O. The number of nitrogens with one attached hydrogen (secondary N) is 2. The number of carbonyl (C=O) groups excluding carboxylic acids is 1. The molecule has 6 heteroatoms. The Hall–Kier alpha value is -3.15. The predicted molar refractivity (Wildman–Crippen MR) is 108 cm³/mol. The lowest BCUT2D eigenvalue weighted by Gasteiger charge is -2.31.